The third-order valence-corrected chi connectivity index (χ3v) is 0.860. The molecule has 1 aromatic heterocycles. The smallest absolute Gasteiger partial charge is 0.142 e. The Hall–Kier alpha value is -1.64. The SMILES string of the molecule is C1=COOC=C1.c1ccoc1. The molecule has 0 N–H and O–H groups in total. The molecule has 11 heavy (non-hydrogen) atoms. The average molecular weight is 152 g/mol. The van der Waals surface area contributed by atoms with Gasteiger partial charge in [0.2, 0.25) is 0 Å². The first-order chi connectivity index (χ1) is 5.50. The van der Waals surface area contributed by atoms with Crippen LogP contribution in [-0.4, -0.2) is 0 Å². The molecule has 1 aliphatic heterocycles. The van der Waals surface area contributed by atoms with Crippen molar-refractivity contribution in [2.24, 2.45) is 0 Å². The number of furan rings is 1. The molecule has 0 saturated heterocycles. The predicted molar refractivity (Wildman–Crippen MR) is 39.2 cm³/mol. The van der Waals surface area contributed by atoms with Crippen molar-refractivity contribution in [1.29, 1.82) is 0 Å². The highest BCUT2D eigenvalue weighted by Gasteiger charge is 1.75. The molecule has 0 radical (unpaired) electrons. The van der Waals surface area contributed by atoms with E-state index in [4.69, 9.17) is 0 Å². The molecule has 3 heteroatoms. The van der Waals surface area contributed by atoms with E-state index in [0.29, 0.717) is 0 Å². The molecule has 1 aromatic rings. The fourth-order valence-electron chi connectivity index (χ4n) is 0.446. The molecule has 58 valence electrons. The van der Waals surface area contributed by atoms with Crippen molar-refractivity contribution in [3.63, 3.8) is 0 Å². The molecular weight excluding hydrogens is 144 g/mol. The lowest BCUT2D eigenvalue weighted by Crippen LogP contribution is -1.78. The van der Waals surface area contributed by atoms with Crippen molar-refractivity contribution >= 4 is 0 Å². The summed E-state index contributed by atoms with van der Waals surface area (Å²) in [6.45, 7) is 0. The van der Waals surface area contributed by atoms with Crippen LogP contribution in [0.3, 0.4) is 0 Å². The first kappa shape index (κ1) is 7.47. The maximum absolute atomic E-state index is 4.58. The van der Waals surface area contributed by atoms with E-state index in [2.05, 4.69) is 14.2 Å². The van der Waals surface area contributed by atoms with Gasteiger partial charge in [-0.15, -0.1) is 0 Å². The van der Waals surface area contributed by atoms with Crippen LogP contribution in [-0.2, 0) is 9.78 Å². The van der Waals surface area contributed by atoms with Crippen molar-refractivity contribution in [2.45, 2.75) is 0 Å². The third-order valence-electron chi connectivity index (χ3n) is 0.860. The van der Waals surface area contributed by atoms with E-state index >= 15 is 0 Å². The van der Waals surface area contributed by atoms with Gasteiger partial charge < -0.3 is 4.42 Å². The second kappa shape index (κ2) is 5.17. The van der Waals surface area contributed by atoms with Crippen LogP contribution in [0, 0.1) is 0 Å². The molecule has 1 aliphatic rings. The van der Waals surface area contributed by atoms with Gasteiger partial charge in [-0.1, -0.05) is 0 Å². The highest BCUT2D eigenvalue weighted by atomic mass is 17.2. The predicted octanol–water partition coefficient (Wildman–Crippen LogP) is 2.26. The lowest BCUT2D eigenvalue weighted by molar-refractivity contribution is -0.198. The fourth-order valence-corrected chi connectivity index (χ4v) is 0.446. The topological polar surface area (TPSA) is 31.6 Å². The maximum Gasteiger partial charge on any atom is 0.142 e. The Bertz CT molecular complexity index is 182. The molecule has 0 aliphatic carbocycles. The monoisotopic (exact) mass is 152 g/mol. The van der Waals surface area contributed by atoms with E-state index in [1.54, 1.807) is 24.7 Å². The highest BCUT2D eigenvalue weighted by Crippen LogP contribution is 1.89. The van der Waals surface area contributed by atoms with Crippen molar-refractivity contribution in [2.75, 3.05) is 0 Å². The van der Waals surface area contributed by atoms with E-state index in [1.165, 1.54) is 12.5 Å². The summed E-state index contributed by atoms with van der Waals surface area (Å²) in [6.07, 6.45) is 9.65. The molecule has 0 fully saturated rings. The molecule has 0 bridgehead atoms. The molecule has 0 atom stereocenters. The van der Waals surface area contributed by atoms with Gasteiger partial charge in [0.05, 0.1) is 12.5 Å². The Labute approximate surface area is 64.5 Å². The second-order valence-electron chi connectivity index (χ2n) is 1.64. The third kappa shape index (κ3) is 3.86. The second-order valence-corrected chi connectivity index (χ2v) is 1.64. The molecule has 0 saturated carbocycles. The first-order valence-corrected chi connectivity index (χ1v) is 3.11. The van der Waals surface area contributed by atoms with Crippen molar-refractivity contribution in [1.82, 2.24) is 0 Å². The zero-order valence-corrected chi connectivity index (χ0v) is 5.84. The Morgan fingerprint density at radius 3 is 1.45 bits per heavy atom. The average Bonchev–Trinajstić information content (AvgIpc) is 2.64. The Morgan fingerprint density at radius 1 is 0.727 bits per heavy atom. The van der Waals surface area contributed by atoms with Gasteiger partial charge in [0.1, 0.15) is 12.5 Å². The van der Waals surface area contributed by atoms with Gasteiger partial charge in [-0.25, -0.2) is 0 Å². The van der Waals surface area contributed by atoms with Gasteiger partial charge >= 0.3 is 0 Å². The molecular formula is C8H8O3. The summed E-state index contributed by atoms with van der Waals surface area (Å²) in [5.41, 5.74) is 0. The quantitative estimate of drug-likeness (QED) is 0.534. The van der Waals surface area contributed by atoms with Gasteiger partial charge in [-0.2, -0.15) is 0 Å². The number of rotatable bonds is 0. The van der Waals surface area contributed by atoms with Gasteiger partial charge in [0, 0.05) is 0 Å². The molecule has 0 unspecified atom stereocenters. The van der Waals surface area contributed by atoms with Crippen LogP contribution in [0.25, 0.3) is 0 Å². The van der Waals surface area contributed by atoms with Crippen LogP contribution in [0.5, 0.6) is 0 Å². The molecule has 2 rings (SSSR count). The van der Waals surface area contributed by atoms with Gasteiger partial charge in [0.25, 0.3) is 0 Å². The summed E-state index contributed by atoms with van der Waals surface area (Å²) in [6, 6.07) is 3.67. The van der Waals surface area contributed by atoms with Crippen LogP contribution >= 0.6 is 0 Å². The van der Waals surface area contributed by atoms with E-state index in [1.807, 2.05) is 12.1 Å². The van der Waals surface area contributed by atoms with Crippen molar-refractivity contribution in [3.05, 3.63) is 49.3 Å². The maximum atomic E-state index is 4.58. The standard InChI is InChI=1S/C4H4O2.C4H4O/c1-2-4-6-5-3-1;1-2-4-5-3-1/h1-4H;1-4H. The Balaban J connectivity index is 0.000000112. The summed E-state index contributed by atoms with van der Waals surface area (Å²) in [7, 11) is 0. The summed E-state index contributed by atoms with van der Waals surface area (Å²) in [5.74, 6) is 0. The first-order valence-electron chi connectivity index (χ1n) is 3.11. The minimum Gasteiger partial charge on any atom is -0.473 e. The van der Waals surface area contributed by atoms with Crippen LogP contribution in [0.4, 0.5) is 0 Å². The highest BCUT2D eigenvalue weighted by molar-refractivity contribution is 4.97. The normalized spacial score (nSPS) is 12.4. The molecule has 0 spiro atoms. The van der Waals surface area contributed by atoms with E-state index < -0.39 is 0 Å². The molecule has 0 aromatic carbocycles. The van der Waals surface area contributed by atoms with Crippen LogP contribution < -0.4 is 0 Å². The van der Waals surface area contributed by atoms with Crippen LogP contribution in [0.15, 0.2) is 53.8 Å². The van der Waals surface area contributed by atoms with Crippen LogP contribution in [0.1, 0.15) is 0 Å². The summed E-state index contributed by atoms with van der Waals surface area (Å²) in [4.78, 5) is 8.60. The minimum atomic E-state index is 1.46. The van der Waals surface area contributed by atoms with Gasteiger partial charge in [-0.3, -0.25) is 9.78 Å². The van der Waals surface area contributed by atoms with E-state index in [0.717, 1.165) is 0 Å². The zero-order chi connectivity index (χ0) is 7.78. The van der Waals surface area contributed by atoms with Crippen molar-refractivity contribution in [3.8, 4) is 0 Å². The molecule has 3 nitrogen and oxygen atoms in total. The number of hydrogen-bond donors (Lipinski definition) is 0. The summed E-state index contributed by atoms with van der Waals surface area (Å²) < 4.78 is 4.58. The lowest BCUT2D eigenvalue weighted by atomic mass is 10.6. The largest absolute Gasteiger partial charge is 0.473 e. The zero-order valence-electron chi connectivity index (χ0n) is 5.84. The van der Waals surface area contributed by atoms with Gasteiger partial charge in [0.15, 0.2) is 0 Å². The Kier molecular flexibility index (Phi) is 3.51. The number of hydrogen-bond acceptors (Lipinski definition) is 3. The van der Waals surface area contributed by atoms with Crippen LogP contribution in [0.2, 0.25) is 0 Å². The fraction of sp³-hybridized carbons (Fsp3) is 0. The van der Waals surface area contributed by atoms with E-state index in [9.17, 15) is 0 Å². The van der Waals surface area contributed by atoms with Gasteiger partial charge in [-0.05, 0) is 24.3 Å². The summed E-state index contributed by atoms with van der Waals surface area (Å²) in [5, 5.41) is 0. The number of allylic oxidation sites excluding steroid dienone is 2. The minimum absolute atomic E-state index is 1.46. The van der Waals surface area contributed by atoms with Crippen molar-refractivity contribution < 1.29 is 14.2 Å². The molecule has 2 heterocycles. The Morgan fingerprint density at radius 2 is 1.27 bits per heavy atom. The molecule has 0 amide bonds. The summed E-state index contributed by atoms with van der Waals surface area (Å²) >= 11 is 0. The lowest BCUT2D eigenvalue weighted by Gasteiger charge is -1.94. The van der Waals surface area contributed by atoms with E-state index in [-0.39, 0.29) is 0 Å².